The van der Waals surface area contributed by atoms with Crippen LogP contribution in [0.4, 0.5) is 4.39 Å². The van der Waals surface area contributed by atoms with Crippen LogP contribution in [-0.4, -0.2) is 38.6 Å². The van der Waals surface area contributed by atoms with E-state index >= 15 is 0 Å². The van der Waals surface area contributed by atoms with Crippen LogP contribution in [0.3, 0.4) is 0 Å². The molecule has 0 saturated carbocycles. The number of amides is 1. The van der Waals surface area contributed by atoms with Crippen molar-refractivity contribution in [3.05, 3.63) is 29.6 Å². The van der Waals surface area contributed by atoms with E-state index in [2.05, 4.69) is 5.32 Å². The van der Waals surface area contributed by atoms with Crippen LogP contribution in [0, 0.1) is 5.82 Å². The molecule has 0 spiro atoms. The third-order valence-electron chi connectivity index (χ3n) is 2.35. The average Bonchev–Trinajstić information content (AvgIpc) is 2.31. The van der Waals surface area contributed by atoms with Gasteiger partial charge in [-0.1, -0.05) is 12.1 Å². The van der Waals surface area contributed by atoms with Gasteiger partial charge in [0.15, 0.2) is 11.6 Å². The van der Waals surface area contributed by atoms with Crippen molar-refractivity contribution in [2.75, 3.05) is 27.7 Å². The standard InChI is InChI=1S/C12H17FN2O2/c1-15(2)11(16)8-14-7-9-5-4-6-10(17-3)12(9)13/h4-6,14H,7-8H2,1-3H3. The number of benzene rings is 1. The molecule has 0 aliphatic carbocycles. The number of methoxy groups -OCH3 is 1. The Labute approximate surface area is 100 Å². The summed E-state index contributed by atoms with van der Waals surface area (Å²) in [5, 5.41) is 2.89. The number of rotatable bonds is 5. The third-order valence-corrected chi connectivity index (χ3v) is 2.35. The summed E-state index contributed by atoms with van der Waals surface area (Å²) in [5.41, 5.74) is 0.482. The summed E-state index contributed by atoms with van der Waals surface area (Å²) in [6.07, 6.45) is 0. The van der Waals surface area contributed by atoms with Crippen molar-refractivity contribution in [3.63, 3.8) is 0 Å². The molecule has 0 bridgehead atoms. The number of hydrogen-bond donors (Lipinski definition) is 1. The smallest absolute Gasteiger partial charge is 0.236 e. The lowest BCUT2D eigenvalue weighted by atomic mass is 10.2. The molecule has 1 aromatic rings. The molecule has 0 aromatic heterocycles. The maximum atomic E-state index is 13.7. The lowest BCUT2D eigenvalue weighted by molar-refractivity contribution is -0.127. The fourth-order valence-electron chi connectivity index (χ4n) is 1.31. The largest absolute Gasteiger partial charge is 0.494 e. The van der Waals surface area contributed by atoms with Crippen molar-refractivity contribution in [2.24, 2.45) is 0 Å². The highest BCUT2D eigenvalue weighted by molar-refractivity contribution is 5.77. The molecule has 1 amide bonds. The summed E-state index contributed by atoms with van der Waals surface area (Å²) in [5.74, 6) is -0.226. The van der Waals surface area contributed by atoms with Crippen LogP contribution in [0.15, 0.2) is 18.2 Å². The van der Waals surface area contributed by atoms with Gasteiger partial charge in [-0.3, -0.25) is 4.79 Å². The molecule has 1 aromatic carbocycles. The van der Waals surface area contributed by atoms with Crippen molar-refractivity contribution in [1.82, 2.24) is 10.2 Å². The Balaban J connectivity index is 2.55. The number of hydrogen-bond acceptors (Lipinski definition) is 3. The quantitative estimate of drug-likeness (QED) is 0.835. The molecule has 0 saturated heterocycles. The Hall–Kier alpha value is -1.62. The van der Waals surface area contributed by atoms with Crippen molar-refractivity contribution in [3.8, 4) is 5.75 Å². The number of ether oxygens (including phenoxy) is 1. The molecule has 5 heteroatoms. The van der Waals surface area contributed by atoms with Crippen LogP contribution in [-0.2, 0) is 11.3 Å². The molecule has 0 unspecified atom stereocenters. The van der Waals surface area contributed by atoms with E-state index in [0.717, 1.165) is 0 Å². The van der Waals surface area contributed by atoms with Crippen LogP contribution in [0.1, 0.15) is 5.56 Å². The van der Waals surface area contributed by atoms with Gasteiger partial charge in [-0.2, -0.15) is 0 Å². The highest BCUT2D eigenvalue weighted by Crippen LogP contribution is 2.19. The molecular formula is C12H17FN2O2. The minimum Gasteiger partial charge on any atom is -0.494 e. The number of carbonyl (C=O) groups is 1. The molecule has 17 heavy (non-hydrogen) atoms. The number of likely N-dealkylation sites (N-methyl/N-ethyl adjacent to an activating group) is 1. The van der Waals surface area contributed by atoms with E-state index in [1.807, 2.05) is 0 Å². The van der Waals surface area contributed by atoms with E-state index < -0.39 is 0 Å². The maximum absolute atomic E-state index is 13.7. The molecule has 1 N–H and O–H groups in total. The van der Waals surface area contributed by atoms with Gasteiger partial charge in [0, 0.05) is 26.2 Å². The number of halogens is 1. The summed E-state index contributed by atoms with van der Waals surface area (Å²) >= 11 is 0. The summed E-state index contributed by atoms with van der Waals surface area (Å²) in [6, 6.07) is 4.93. The topological polar surface area (TPSA) is 41.6 Å². The molecule has 1 rings (SSSR count). The van der Waals surface area contributed by atoms with Gasteiger partial charge in [0.1, 0.15) is 0 Å². The van der Waals surface area contributed by atoms with E-state index in [9.17, 15) is 9.18 Å². The first-order valence-electron chi connectivity index (χ1n) is 5.28. The first-order chi connectivity index (χ1) is 8.06. The maximum Gasteiger partial charge on any atom is 0.236 e. The lowest BCUT2D eigenvalue weighted by Gasteiger charge is -2.11. The van der Waals surface area contributed by atoms with Gasteiger partial charge in [-0.05, 0) is 6.07 Å². The average molecular weight is 240 g/mol. The molecule has 0 heterocycles. The Morgan fingerprint density at radius 3 is 2.76 bits per heavy atom. The SMILES string of the molecule is COc1cccc(CNCC(=O)N(C)C)c1F. The highest BCUT2D eigenvalue weighted by Gasteiger charge is 2.08. The van der Waals surface area contributed by atoms with E-state index in [1.54, 1.807) is 32.3 Å². The number of nitrogens with one attached hydrogen (secondary N) is 1. The monoisotopic (exact) mass is 240 g/mol. The third kappa shape index (κ3) is 3.71. The zero-order valence-corrected chi connectivity index (χ0v) is 10.3. The Morgan fingerprint density at radius 1 is 1.47 bits per heavy atom. The van der Waals surface area contributed by atoms with Crippen molar-refractivity contribution in [1.29, 1.82) is 0 Å². The van der Waals surface area contributed by atoms with Gasteiger partial charge in [-0.15, -0.1) is 0 Å². The Bertz CT molecular complexity index is 394. The summed E-state index contributed by atoms with van der Waals surface area (Å²) in [7, 11) is 4.78. The van der Waals surface area contributed by atoms with Gasteiger partial charge in [0.05, 0.1) is 13.7 Å². The fourth-order valence-corrected chi connectivity index (χ4v) is 1.31. The summed E-state index contributed by atoms with van der Waals surface area (Å²) in [4.78, 5) is 12.8. The van der Waals surface area contributed by atoms with E-state index in [-0.39, 0.29) is 24.0 Å². The molecular weight excluding hydrogens is 223 g/mol. The Kier molecular flexibility index (Phi) is 4.90. The molecule has 0 radical (unpaired) electrons. The number of carbonyl (C=O) groups excluding carboxylic acids is 1. The van der Waals surface area contributed by atoms with E-state index in [4.69, 9.17) is 4.74 Å². The minimum absolute atomic E-state index is 0.0479. The van der Waals surface area contributed by atoms with Gasteiger partial charge in [0.2, 0.25) is 5.91 Å². The molecule has 0 atom stereocenters. The van der Waals surface area contributed by atoms with E-state index in [0.29, 0.717) is 12.1 Å². The number of nitrogens with zero attached hydrogens (tertiary/aromatic N) is 1. The lowest BCUT2D eigenvalue weighted by Crippen LogP contribution is -2.32. The second-order valence-corrected chi connectivity index (χ2v) is 3.83. The summed E-state index contributed by atoms with van der Waals surface area (Å²) in [6.45, 7) is 0.478. The normalized spacial score (nSPS) is 10.1. The van der Waals surface area contributed by atoms with Crippen LogP contribution < -0.4 is 10.1 Å². The van der Waals surface area contributed by atoms with Crippen LogP contribution in [0.2, 0.25) is 0 Å². The summed E-state index contributed by atoms with van der Waals surface area (Å²) < 4.78 is 18.6. The van der Waals surface area contributed by atoms with Crippen LogP contribution in [0.25, 0.3) is 0 Å². The molecule has 0 fully saturated rings. The zero-order chi connectivity index (χ0) is 12.8. The highest BCUT2D eigenvalue weighted by atomic mass is 19.1. The van der Waals surface area contributed by atoms with Gasteiger partial charge in [-0.25, -0.2) is 4.39 Å². The van der Waals surface area contributed by atoms with Crippen LogP contribution in [0.5, 0.6) is 5.75 Å². The second-order valence-electron chi connectivity index (χ2n) is 3.83. The van der Waals surface area contributed by atoms with Gasteiger partial charge in [0.25, 0.3) is 0 Å². The molecule has 0 aliphatic heterocycles. The van der Waals surface area contributed by atoms with Crippen molar-refractivity contribution < 1.29 is 13.9 Å². The van der Waals surface area contributed by atoms with Crippen molar-refractivity contribution in [2.45, 2.75) is 6.54 Å². The molecule has 0 aliphatic rings. The first-order valence-corrected chi connectivity index (χ1v) is 5.28. The first kappa shape index (κ1) is 13.4. The fraction of sp³-hybridized carbons (Fsp3) is 0.417. The zero-order valence-electron chi connectivity index (χ0n) is 10.3. The minimum atomic E-state index is -0.389. The predicted octanol–water partition coefficient (Wildman–Crippen LogP) is 1.01. The molecule has 4 nitrogen and oxygen atoms in total. The van der Waals surface area contributed by atoms with Gasteiger partial charge < -0.3 is 15.0 Å². The predicted molar refractivity (Wildman–Crippen MR) is 63.4 cm³/mol. The van der Waals surface area contributed by atoms with Crippen molar-refractivity contribution >= 4 is 5.91 Å². The Morgan fingerprint density at radius 2 is 2.18 bits per heavy atom. The van der Waals surface area contributed by atoms with Crippen LogP contribution >= 0.6 is 0 Å². The van der Waals surface area contributed by atoms with Gasteiger partial charge >= 0.3 is 0 Å². The van der Waals surface area contributed by atoms with E-state index in [1.165, 1.54) is 12.0 Å². The second kappa shape index (κ2) is 6.20. The molecule has 94 valence electrons.